The molecule has 0 bridgehead atoms. The molecule has 3 N–H and O–H groups in total. The molecule has 26 heavy (non-hydrogen) atoms. The van der Waals surface area contributed by atoms with Crippen LogP contribution in [0.3, 0.4) is 0 Å². The maximum atomic E-state index is 13.0. The van der Waals surface area contributed by atoms with Crippen LogP contribution in [0.1, 0.15) is 40.7 Å². The molecular formula is C19H20ClF3N2O. The predicted molar refractivity (Wildman–Crippen MR) is 97.4 cm³/mol. The first-order valence-electron chi connectivity index (χ1n) is 8.12. The van der Waals surface area contributed by atoms with Gasteiger partial charge in [-0.05, 0) is 42.7 Å². The number of hydrogen-bond donors (Lipinski definition) is 2. The molecule has 1 amide bonds. The lowest BCUT2D eigenvalue weighted by atomic mass is 9.64. The van der Waals surface area contributed by atoms with Gasteiger partial charge in [0.05, 0.1) is 5.56 Å². The van der Waals surface area contributed by atoms with Crippen molar-refractivity contribution in [3.05, 3.63) is 65.2 Å². The van der Waals surface area contributed by atoms with Crippen molar-refractivity contribution in [2.45, 2.75) is 30.9 Å². The average Bonchev–Trinajstić information content (AvgIpc) is 2.53. The van der Waals surface area contributed by atoms with Crippen LogP contribution in [-0.2, 0) is 11.6 Å². The summed E-state index contributed by atoms with van der Waals surface area (Å²) in [6, 6.07) is 12.0. The van der Waals surface area contributed by atoms with Crippen molar-refractivity contribution in [1.29, 1.82) is 0 Å². The van der Waals surface area contributed by atoms with Crippen LogP contribution in [0.5, 0.6) is 0 Å². The highest BCUT2D eigenvalue weighted by atomic mass is 35.5. The van der Waals surface area contributed by atoms with E-state index in [9.17, 15) is 18.0 Å². The van der Waals surface area contributed by atoms with Gasteiger partial charge in [0.15, 0.2) is 0 Å². The van der Waals surface area contributed by atoms with E-state index in [4.69, 9.17) is 5.73 Å². The minimum atomic E-state index is -4.37. The molecule has 1 fully saturated rings. The molecule has 7 heteroatoms. The first kappa shape index (κ1) is 20.1. The van der Waals surface area contributed by atoms with Crippen molar-refractivity contribution < 1.29 is 18.0 Å². The smallest absolute Gasteiger partial charge is 0.399 e. The Morgan fingerprint density at radius 3 is 2.38 bits per heavy atom. The highest BCUT2D eigenvalue weighted by Gasteiger charge is 2.40. The summed E-state index contributed by atoms with van der Waals surface area (Å²) in [4.78, 5) is 12.3. The SMILES string of the molecule is Cl.Nc1cccc(C(=O)NCC2(c3cccc(C(F)(F)F)c3)CCC2)c1. The molecule has 1 saturated carbocycles. The zero-order chi connectivity index (χ0) is 18.1. The van der Waals surface area contributed by atoms with E-state index in [2.05, 4.69) is 5.32 Å². The average molecular weight is 385 g/mol. The molecule has 1 aliphatic carbocycles. The van der Waals surface area contributed by atoms with E-state index in [0.717, 1.165) is 25.3 Å². The summed E-state index contributed by atoms with van der Waals surface area (Å²) >= 11 is 0. The van der Waals surface area contributed by atoms with Crippen molar-refractivity contribution in [3.63, 3.8) is 0 Å². The monoisotopic (exact) mass is 384 g/mol. The number of carbonyl (C=O) groups is 1. The fourth-order valence-electron chi connectivity index (χ4n) is 3.23. The highest BCUT2D eigenvalue weighted by molar-refractivity contribution is 5.95. The second-order valence-corrected chi connectivity index (χ2v) is 6.52. The number of anilines is 1. The van der Waals surface area contributed by atoms with Crippen LogP contribution in [0.15, 0.2) is 48.5 Å². The first-order chi connectivity index (χ1) is 11.8. The number of alkyl halides is 3. The summed E-state index contributed by atoms with van der Waals surface area (Å²) in [5.74, 6) is -0.273. The Hall–Kier alpha value is -2.21. The summed E-state index contributed by atoms with van der Waals surface area (Å²) in [5.41, 5.74) is 6.15. The normalized spacial score (nSPS) is 15.5. The predicted octanol–water partition coefficient (Wildman–Crippen LogP) is 4.56. The third-order valence-electron chi connectivity index (χ3n) is 4.85. The summed E-state index contributed by atoms with van der Waals surface area (Å²) in [5, 5.41) is 2.85. The lowest BCUT2D eigenvalue weighted by Gasteiger charge is -2.43. The largest absolute Gasteiger partial charge is 0.416 e. The summed E-state index contributed by atoms with van der Waals surface area (Å²) in [6.07, 6.45) is -1.92. The van der Waals surface area contributed by atoms with Gasteiger partial charge in [-0.2, -0.15) is 13.2 Å². The van der Waals surface area contributed by atoms with Gasteiger partial charge in [0.2, 0.25) is 0 Å². The molecule has 1 aliphatic rings. The summed E-state index contributed by atoms with van der Waals surface area (Å²) in [7, 11) is 0. The van der Waals surface area contributed by atoms with Crippen LogP contribution in [0, 0.1) is 0 Å². The van der Waals surface area contributed by atoms with Gasteiger partial charge in [-0.15, -0.1) is 12.4 Å². The molecule has 0 heterocycles. The third kappa shape index (κ3) is 4.12. The molecule has 0 radical (unpaired) electrons. The van der Waals surface area contributed by atoms with Crippen LogP contribution in [0.2, 0.25) is 0 Å². The van der Waals surface area contributed by atoms with Gasteiger partial charge in [-0.3, -0.25) is 4.79 Å². The summed E-state index contributed by atoms with van der Waals surface area (Å²) in [6.45, 7) is 0.307. The van der Waals surface area contributed by atoms with E-state index in [0.29, 0.717) is 23.4 Å². The lowest BCUT2D eigenvalue weighted by molar-refractivity contribution is -0.137. The number of amides is 1. The third-order valence-corrected chi connectivity index (χ3v) is 4.85. The van der Waals surface area contributed by atoms with Gasteiger partial charge in [-0.25, -0.2) is 0 Å². The Morgan fingerprint density at radius 1 is 1.12 bits per heavy atom. The van der Waals surface area contributed by atoms with Crippen molar-refractivity contribution >= 4 is 24.0 Å². The van der Waals surface area contributed by atoms with Gasteiger partial charge in [-0.1, -0.05) is 30.7 Å². The summed E-state index contributed by atoms with van der Waals surface area (Å²) < 4.78 is 38.9. The van der Waals surface area contributed by atoms with E-state index in [1.54, 1.807) is 30.3 Å². The quantitative estimate of drug-likeness (QED) is 0.759. The van der Waals surface area contributed by atoms with Gasteiger partial charge < -0.3 is 11.1 Å². The van der Waals surface area contributed by atoms with E-state index in [1.165, 1.54) is 12.1 Å². The lowest BCUT2D eigenvalue weighted by Crippen LogP contribution is -2.45. The zero-order valence-electron chi connectivity index (χ0n) is 14.0. The van der Waals surface area contributed by atoms with E-state index >= 15 is 0 Å². The number of nitrogens with two attached hydrogens (primary N) is 1. The molecule has 0 aromatic heterocycles. The Kier molecular flexibility index (Phi) is 5.86. The number of nitrogens with one attached hydrogen (secondary N) is 1. The number of halogens is 4. The Morgan fingerprint density at radius 2 is 1.81 bits per heavy atom. The number of hydrogen-bond acceptors (Lipinski definition) is 2. The Bertz CT molecular complexity index is 788. The molecule has 2 aromatic rings. The van der Waals surface area contributed by atoms with Gasteiger partial charge in [0.1, 0.15) is 0 Å². The van der Waals surface area contributed by atoms with Crippen molar-refractivity contribution in [2.75, 3.05) is 12.3 Å². The van der Waals surface area contributed by atoms with E-state index < -0.39 is 17.2 Å². The topological polar surface area (TPSA) is 55.1 Å². The van der Waals surface area contributed by atoms with Gasteiger partial charge in [0, 0.05) is 23.2 Å². The number of carbonyl (C=O) groups excluding carboxylic acids is 1. The second kappa shape index (κ2) is 7.58. The number of rotatable bonds is 4. The van der Waals surface area contributed by atoms with Crippen molar-refractivity contribution in [1.82, 2.24) is 5.32 Å². The van der Waals surface area contributed by atoms with Crippen LogP contribution in [-0.4, -0.2) is 12.5 Å². The Balaban J connectivity index is 0.00000243. The minimum absolute atomic E-state index is 0. The van der Waals surface area contributed by atoms with Crippen LogP contribution < -0.4 is 11.1 Å². The maximum absolute atomic E-state index is 13.0. The zero-order valence-corrected chi connectivity index (χ0v) is 14.8. The Labute approximate surface area is 156 Å². The van der Waals surface area contributed by atoms with Crippen molar-refractivity contribution in [2.24, 2.45) is 0 Å². The minimum Gasteiger partial charge on any atom is -0.399 e. The molecule has 0 saturated heterocycles. The molecule has 3 rings (SSSR count). The molecule has 3 nitrogen and oxygen atoms in total. The maximum Gasteiger partial charge on any atom is 0.416 e. The number of benzene rings is 2. The van der Waals surface area contributed by atoms with Crippen LogP contribution >= 0.6 is 12.4 Å². The molecular weight excluding hydrogens is 365 g/mol. The molecule has 140 valence electrons. The van der Waals surface area contributed by atoms with E-state index in [-0.39, 0.29) is 18.3 Å². The molecule has 0 atom stereocenters. The molecule has 0 spiro atoms. The fraction of sp³-hybridized carbons (Fsp3) is 0.316. The molecule has 0 aliphatic heterocycles. The standard InChI is InChI=1S/C19H19F3N2O.ClH/c20-19(21,22)15-6-2-5-14(11-15)18(8-3-9-18)12-24-17(25)13-4-1-7-16(23)10-13;/h1-2,4-7,10-11H,3,8-9,12,23H2,(H,24,25);1H. The molecule has 2 aromatic carbocycles. The number of nitrogen functional groups attached to an aromatic ring is 1. The highest BCUT2D eigenvalue weighted by Crippen LogP contribution is 2.44. The second-order valence-electron chi connectivity index (χ2n) is 6.52. The van der Waals surface area contributed by atoms with Crippen LogP contribution in [0.4, 0.5) is 18.9 Å². The molecule has 0 unspecified atom stereocenters. The van der Waals surface area contributed by atoms with Crippen molar-refractivity contribution in [3.8, 4) is 0 Å². The van der Waals surface area contributed by atoms with Gasteiger partial charge in [0.25, 0.3) is 5.91 Å². The first-order valence-corrected chi connectivity index (χ1v) is 8.12. The van der Waals surface area contributed by atoms with E-state index in [1.807, 2.05) is 0 Å². The fourth-order valence-corrected chi connectivity index (χ4v) is 3.23. The van der Waals surface area contributed by atoms with Gasteiger partial charge >= 0.3 is 6.18 Å². The van der Waals surface area contributed by atoms with Crippen LogP contribution in [0.25, 0.3) is 0 Å².